The number of hydrogen-bond acceptors (Lipinski definition) is 3. The number of rotatable bonds is 2. The van der Waals surface area contributed by atoms with Gasteiger partial charge in [0.1, 0.15) is 0 Å². The van der Waals surface area contributed by atoms with Crippen molar-refractivity contribution in [3.05, 3.63) is 0 Å². The number of carbonyl (C=O) groups is 2. The second-order valence-corrected chi connectivity index (χ2v) is 5.48. The molecule has 0 radical (unpaired) electrons. The number of piperidine rings is 1. The van der Waals surface area contributed by atoms with Crippen LogP contribution in [-0.4, -0.2) is 37.0 Å². The molecule has 1 aliphatic heterocycles. The van der Waals surface area contributed by atoms with Gasteiger partial charge in [0, 0.05) is 19.0 Å². The Morgan fingerprint density at radius 3 is 2.33 bits per heavy atom. The van der Waals surface area contributed by atoms with Gasteiger partial charge in [-0.15, -0.1) is 0 Å². The van der Waals surface area contributed by atoms with Crippen molar-refractivity contribution >= 4 is 11.9 Å². The normalized spacial score (nSPS) is 25.8. The van der Waals surface area contributed by atoms with Gasteiger partial charge in [0.2, 0.25) is 5.91 Å². The standard InChI is InChI=1S/C14H23NO3/c1-18-14(17)12-8-5-9-15(10-12)13(16)11-6-3-2-4-7-11/h11-12H,2-10H2,1H3/t12-/m0/s1. The zero-order valence-corrected chi connectivity index (χ0v) is 11.2. The highest BCUT2D eigenvalue weighted by Gasteiger charge is 2.32. The molecule has 1 atom stereocenters. The molecule has 1 saturated carbocycles. The van der Waals surface area contributed by atoms with E-state index in [1.54, 1.807) is 0 Å². The number of amides is 1. The Labute approximate surface area is 109 Å². The van der Waals surface area contributed by atoms with Gasteiger partial charge in [-0.2, -0.15) is 0 Å². The number of esters is 1. The van der Waals surface area contributed by atoms with E-state index in [-0.39, 0.29) is 23.7 Å². The number of carbonyl (C=O) groups excluding carboxylic acids is 2. The van der Waals surface area contributed by atoms with Gasteiger partial charge in [-0.1, -0.05) is 19.3 Å². The molecule has 102 valence electrons. The van der Waals surface area contributed by atoms with Crippen molar-refractivity contribution in [2.75, 3.05) is 20.2 Å². The lowest BCUT2D eigenvalue weighted by molar-refractivity contribution is -0.150. The van der Waals surface area contributed by atoms with Crippen LogP contribution in [0.15, 0.2) is 0 Å². The topological polar surface area (TPSA) is 46.6 Å². The Bertz CT molecular complexity index is 310. The molecule has 0 N–H and O–H groups in total. The lowest BCUT2D eigenvalue weighted by Crippen LogP contribution is -2.45. The van der Waals surface area contributed by atoms with Crippen molar-refractivity contribution in [1.29, 1.82) is 0 Å². The summed E-state index contributed by atoms with van der Waals surface area (Å²) in [7, 11) is 1.42. The molecule has 2 rings (SSSR count). The smallest absolute Gasteiger partial charge is 0.310 e. The van der Waals surface area contributed by atoms with Crippen LogP contribution in [0.5, 0.6) is 0 Å². The summed E-state index contributed by atoms with van der Waals surface area (Å²) in [5, 5.41) is 0. The van der Waals surface area contributed by atoms with E-state index in [0.29, 0.717) is 6.54 Å². The molecule has 1 heterocycles. The molecule has 18 heavy (non-hydrogen) atoms. The Morgan fingerprint density at radius 1 is 1.00 bits per heavy atom. The van der Waals surface area contributed by atoms with E-state index in [1.165, 1.54) is 26.4 Å². The van der Waals surface area contributed by atoms with Crippen LogP contribution in [0.4, 0.5) is 0 Å². The third kappa shape index (κ3) is 3.03. The van der Waals surface area contributed by atoms with Crippen LogP contribution < -0.4 is 0 Å². The fourth-order valence-electron chi connectivity index (χ4n) is 3.14. The van der Waals surface area contributed by atoms with Crippen molar-refractivity contribution in [3.8, 4) is 0 Å². The molecule has 0 aromatic carbocycles. The first-order valence-corrected chi connectivity index (χ1v) is 7.09. The fraction of sp³-hybridized carbons (Fsp3) is 0.857. The molecule has 0 aromatic rings. The molecule has 0 spiro atoms. The second kappa shape index (κ2) is 6.21. The molecule has 1 amide bonds. The van der Waals surface area contributed by atoms with E-state index in [1.807, 2.05) is 4.90 Å². The maximum atomic E-state index is 12.4. The average Bonchev–Trinajstić information content (AvgIpc) is 2.46. The summed E-state index contributed by atoms with van der Waals surface area (Å²) >= 11 is 0. The van der Waals surface area contributed by atoms with E-state index < -0.39 is 0 Å². The van der Waals surface area contributed by atoms with Gasteiger partial charge in [-0.05, 0) is 25.7 Å². The molecule has 1 saturated heterocycles. The molecule has 0 bridgehead atoms. The predicted octanol–water partition coefficient (Wildman–Crippen LogP) is 1.98. The summed E-state index contributed by atoms with van der Waals surface area (Å²) in [6.45, 7) is 1.37. The highest BCUT2D eigenvalue weighted by Crippen LogP contribution is 2.27. The van der Waals surface area contributed by atoms with Crippen molar-refractivity contribution in [2.24, 2.45) is 11.8 Å². The highest BCUT2D eigenvalue weighted by atomic mass is 16.5. The van der Waals surface area contributed by atoms with Crippen LogP contribution in [-0.2, 0) is 14.3 Å². The Hall–Kier alpha value is -1.06. The van der Waals surface area contributed by atoms with E-state index in [2.05, 4.69) is 0 Å². The Balaban J connectivity index is 1.91. The van der Waals surface area contributed by atoms with Crippen LogP contribution >= 0.6 is 0 Å². The molecule has 2 aliphatic rings. The van der Waals surface area contributed by atoms with Gasteiger partial charge in [0.15, 0.2) is 0 Å². The Kier molecular flexibility index (Phi) is 4.61. The van der Waals surface area contributed by atoms with Crippen molar-refractivity contribution in [3.63, 3.8) is 0 Å². The second-order valence-electron chi connectivity index (χ2n) is 5.48. The van der Waals surface area contributed by atoms with Gasteiger partial charge in [0.05, 0.1) is 13.0 Å². The lowest BCUT2D eigenvalue weighted by atomic mass is 9.87. The van der Waals surface area contributed by atoms with Crippen LogP contribution in [0.2, 0.25) is 0 Å². The third-order valence-electron chi connectivity index (χ3n) is 4.22. The number of nitrogens with zero attached hydrogens (tertiary/aromatic N) is 1. The predicted molar refractivity (Wildman–Crippen MR) is 67.9 cm³/mol. The molecule has 4 nitrogen and oxygen atoms in total. The SMILES string of the molecule is COC(=O)[C@H]1CCCN(C(=O)C2CCCCC2)C1. The summed E-state index contributed by atoms with van der Waals surface area (Å²) in [5.41, 5.74) is 0. The molecule has 4 heteroatoms. The number of likely N-dealkylation sites (tertiary alicyclic amines) is 1. The van der Waals surface area contributed by atoms with E-state index in [9.17, 15) is 9.59 Å². The maximum Gasteiger partial charge on any atom is 0.310 e. The molecular weight excluding hydrogens is 230 g/mol. The lowest BCUT2D eigenvalue weighted by Gasteiger charge is -2.34. The van der Waals surface area contributed by atoms with Gasteiger partial charge >= 0.3 is 5.97 Å². The Morgan fingerprint density at radius 2 is 1.67 bits per heavy atom. The first-order chi connectivity index (χ1) is 8.72. The van der Waals surface area contributed by atoms with Gasteiger partial charge < -0.3 is 9.64 Å². The number of hydrogen-bond donors (Lipinski definition) is 0. The summed E-state index contributed by atoms with van der Waals surface area (Å²) in [4.78, 5) is 25.8. The first kappa shape index (κ1) is 13.4. The highest BCUT2D eigenvalue weighted by molar-refractivity contribution is 5.80. The third-order valence-corrected chi connectivity index (χ3v) is 4.22. The first-order valence-electron chi connectivity index (χ1n) is 7.09. The minimum absolute atomic E-state index is 0.115. The monoisotopic (exact) mass is 253 g/mol. The summed E-state index contributed by atoms with van der Waals surface area (Å²) in [5.74, 6) is 0.186. The van der Waals surface area contributed by atoms with Gasteiger partial charge in [0.25, 0.3) is 0 Å². The molecule has 2 fully saturated rings. The number of methoxy groups -OCH3 is 1. The van der Waals surface area contributed by atoms with Gasteiger partial charge in [-0.25, -0.2) is 0 Å². The molecule has 0 aromatic heterocycles. The summed E-state index contributed by atoms with van der Waals surface area (Å²) in [6, 6.07) is 0. The maximum absolute atomic E-state index is 12.4. The van der Waals surface area contributed by atoms with Crippen LogP contribution in [0.1, 0.15) is 44.9 Å². The van der Waals surface area contributed by atoms with Crippen LogP contribution in [0.3, 0.4) is 0 Å². The quantitative estimate of drug-likeness (QED) is 0.707. The largest absolute Gasteiger partial charge is 0.469 e. The zero-order valence-electron chi connectivity index (χ0n) is 11.2. The fourth-order valence-corrected chi connectivity index (χ4v) is 3.14. The minimum Gasteiger partial charge on any atom is -0.469 e. The van der Waals surface area contributed by atoms with Crippen LogP contribution in [0.25, 0.3) is 0 Å². The summed E-state index contributed by atoms with van der Waals surface area (Å²) < 4.78 is 4.79. The van der Waals surface area contributed by atoms with Crippen molar-refractivity contribution < 1.29 is 14.3 Å². The molecule has 0 unspecified atom stereocenters. The van der Waals surface area contributed by atoms with E-state index >= 15 is 0 Å². The van der Waals surface area contributed by atoms with E-state index in [4.69, 9.17) is 4.74 Å². The van der Waals surface area contributed by atoms with Gasteiger partial charge in [-0.3, -0.25) is 9.59 Å². The summed E-state index contributed by atoms with van der Waals surface area (Å²) in [6.07, 6.45) is 7.42. The van der Waals surface area contributed by atoms with Crippen molar-refractivity contribution in [1.82, 2.24) is 4.90 Å². The molecule has 1 aliphatic carbocycles. The molecular formula is C14H23NO3. The average molecular weight is 253 g/mol. The minimum atomic E-state index is -0.170. The van der Waals surface area contributed by atoms with E-state index in [0.717, 1.165) is 32.2 Å². The number of ether oxygens (including phenoxy) is 1. The van der Waals surface area contributed by atoms with Crippen LogP contribution in [0, 0.1) is 11.8 Å². The zero-order chi connectivity index (χ0) is 13.0. The van der Waals surface area contributed by atoms with Crippen molar-refractivity contribution in [2.45, 2.75) is 44.9 Å².